The minimum atomic E-state index is -5.17. The number of hydrogen-bond acceptors (Lipinski definition) is 10. The van der Waals surface area contributed by atoms with Gasteiger partial charge < -0.3 is 18.6 Å². The first-order valence-corrected chi connectivity index (χ1v) is 11.0. The first-order valence-electron chi connectivity index (χ1n) is 11.0. The van der Waals surface area contributed by atoms with E-state index < -0.39 is 67.2 Å². The Kier molecular flexibility index (Phi) is 7.14. The molecule has 0 bridgehead atoms. The summed E-state index contributed by atoms with van der Waals surface area (Å²) in [6.45, 7) is 1.13. The maximum absolute atomic E-state index is 13.8. The Morgan fingerprint density at radius 1 is 0.900 bits per heavy atom. The highest BCUT2D eigenvalue weighted by Crippen LogP contribution is 2.39. The van der Waals surface area contributed by atoms with E-state index in [1.54, 1.807) is 0 Å². The maximum Gasteiger partial charge on any atom is 0.453 e. The molecule has 40 heavy (non-hydrogen) atoms. The zero-order valence-electron chi connectivity index (χ0n) is 20.3. The molecule has 0 amide bonds. The summed E-state index contributed by atoms with van der Waals surface area (Å²) in [6.07, 6.45) is -5.17. The van der Waals surface area contributed by atoms with E-state index in [-0.39, 0.29) is 16.7 Å². The number of nitro benzene ring substituents is 2. The summed E-state index contributed by atoms with van der Waals surface area (Å²) in [5.41, 5.74) is -4.09. The number of alkyl halides is 3. The topological polar surface area (TPSA) is 161 Å². The molecule has 4 rings (SSSR count). The third-order valence-corrected chi connectivity index (χ3v) is 5.55. The van der Waals surface area contributed by atoms with Crippen LogP contribution in [0.15, 0.2) is 63.8 Å². The largest absolute Gasteiger partial charge is 0.497 e. The van der Waals surface area contributed by atoms with Crippen molar-refractivity contribution in [3.8, 4) is 23.0 Å². The lowest BCUT2D eigenvalue weighted by molar-refractivity contribution is -0.395. The zero-order valence-corrected chi connectivity index (χ0v) is 20.3. The lowest BCUT2D eigenvalue weighted by Crippen LogP contribution is -2.15. The van der Waals surface area contributed by atoms with Crippen LogP contribution < -0.4 is 19.6 Å². The first-order chi connectivity index (χ1) is 18.8. The summed E-state index contributed by atoms with van der Waals surface area (Å²) >= 11 is 0. The van der Waals surface area contributed by atoms with E-state index in [0.29, 0.717) is 5.75 Å². The molecule has 0 saturated heterocycles. The summed E-state index contributed by atoms with van der Waals surface area (Å²) in [5.74, 6) is -4.30. The summed E-state index contributed by atoms with van der Waals surface area (Å²) in [7, 11) is 1.38. The number of ether oxygens (including phenoxy) is 3. The molecule has 0 unspecified atom stereocenters. The van der Waals surface area contributed by atoms with Gasteiger partial charge >= 0.3 is 12.1 Å². The smallest absolute Gasteiger partial charge is 0.453 e. The predicted molar refractivity (Wildman–Crippen MR) is 130 cm³/mol. The average molecular weight is 560 g/mol. The molecular weight excluding hydrogens is 545 g/mol. The van der Waals surface area contributed by atoms with Crippen LogP contribution in [0.3, 0.4) is 0 Å². The highest BCUT2D eigenvalue weighted by atomic mass is 19.4. The van der Waals surface area contributed by atoms with Crippen LogP contribution in [0.5, 0.6) is 23.0 Å². The van der Waals surface area contributed by atoms with E-state index in [1.807, 2.05) is 0 Å². The van der Waals surface area contributed by atoms with Crippen molar-refractivity contribution in [2.75, 3.05) is 7.11 Å². The molecule has 206 valence electrons. The fraction of sp³-hybridized carbons (Fsp3) is 0.120. The lowest BCUT2D eigenvalue weighted by atomic mass is 10.1. The van der Waals surface area contributed by atoms with Gasteiger partial charge in [0.25, 0.3) is 17.1 Å². The molecule has 0 aliphatic heterocycles. The highest BCUT2D eigenvalue weighted by molar-refractivity contribution is 5.93. The van der Waals surface area contributed by atoms with Crippen LogP contribution in [0.4, 0.5) is 24.5 Å². The predicted octanol–water partition coefficient (Wildman–Crippen LogP) is 5.96. The number of hydrogen-bond donors (Lipinski definition) is 0. The first kappa shape index (κ1) is 27.6. The van der Waals surface area contributed by atoms with Crippen molar-refractivity contribution < 1.29 is 46.4 Å². The normalized spacial score (nSPS) is 11.2. The Labute approximate surface area is 220 Å². The van der Waals surface area contributed by atoms with E-state index in [9.17, 15) is 43.0 Å². The number of nitrogens with zero attached hydrogens (tertiary/aromatic N) is 2. The van der Waals surface area contributed by atoms with Crippen LogP contribution in [-0.4, -0.2) is 22.9 Å². The number of benzene rings is 3. The van der Waals surface area contributed by atoms with E-state index in [0.717, 1.165) is 37.3 Å². The SMILES string of the molecule is COc1ccc(Oc2c(C(F)(F)F)oc3cc(OC(=O)c4cc([N+](=O)[O-])c(C)c([N+](=O)[O-])c4)ccc3c2=O)cc1. The molecule has 0 saturated carbocycles. The fourth-order valence-corrected chi connectivity index (χ4v) is 3.61. The second-order valence-corrected chi connectivity index (χ2v) is 8.07. The molecule has 0 N–H and O–H groups in total. The Morgan fingerprint density at radius 3 is 1.98 bits per heavy atom. The molecular formula is C25H15F3N2O10. The Bertz CT molecular complexity index is 1700. The average Bonchev–Trinajstić information content (AvgIpc) is 2.89. The zero-order chi connectivity index (χ0) is 29.4. The molecule has 15 heteroatoms. The second-order valence-electron chi connectivity index (χ2n) is 8.07. The molecule has 0 radical (unpaired) electrons. The van der Waals surface area contributed by atoms with Gasteiger partial charge in [-0.15, -0.1) is 0 Å². The monoisotopic (exact) mass is 560 g/mol. The Hall–Kier alpha value is -5.47. The highest BCUT2D eigenvalue weighted by Gasteiger charge is 2.40. The Balaban J connectivity index is 1.74. The standard InChI is InChI=1S/C25H15F3N2O10/c1-12-18(29(33)34)9-13(10-19(12)30(35)36)24(32)39-16-7-8-17-20(11-16)40-23(25(26,27)28)22(21(17)31)38-15-5-3-14(37-2)4-6-15/h3-11H,1-2H3. The molecule has 0 aliphatic rings. The van der Waals surface area contributed by atoms with Crippen LogP contribution in [0.2, 0.25) is 0 Å². The number of methoxy groups -OCH3 is 1. The molecule has 1 aromatic heterocycles. The molecule has 0 fully saturated rings. The molecule has 12 nitrogen and oxygen atoms in total. The summed E-state index contributed by atoms with van der Waals surface area (Å²) in [4.78, 5) is 46.3. The third-order valence-electron chi connectivity index (χ3n) is 5.55. The maximum atomic E-state index is 13.8. The molecule has 0 spiro atoms. The third kappa shape index (κ3) is 5.38. The van der Waals surface area contributed by atoms with Crippen LogP contribution in [-0.2, 0) is 6.18 Å². The quantitative estimate of drug-likeness (QED) is 0.114. The van der Waals surface area contributed by atoms with Crippen molar-refractivity contribution in [1.29, 1.82) is 0 Å². The van der Waals surface area contributed by atoms with Gasteiger partial charge in [-0.05, 0) is 43.3 Å². The number of esters is 1. The number of fused-ring (bicyclic) bond motifs is 1. The van der Waals surface area contributed by atoms with Crippen molar-refractivity contribution in [1.82, 2.24) is 0 Å². The van der Waals surface area contributed by atoms with Crippen molar-refractivity contribution in [3.05, 3.63) is 102 Å². The van der Waals surface area contributed by atoms with E-state index in [4.69, 9.17) is 18.6 Å². The van der Waals surface area contributed by atoms with Crippen molar-refractivity contribution in [2.45, 2.75) is 13.1 Å². The lowest BCUT2D eigenvalue weighted by Gasteiger charge is -2.14. The van der Waals surface area contributed by atoms with Crippen molar-refractivity contribution in [3.63, 3.8) is 0 Å². The molecule has 1 heterocycles. The van der Waals surface area contributed by atoms with Crippen LogP contribution in [0.25, 0.3) is 11.0 Å². The minimum Gasteiger partial charge on any atom is -0.497 e. The number of halogens is 3. The number of carbonyl (C=O) groups excluding carboxylic acids is 1. The van der Waals surface area contributed by atoms with Crippen LogP contribution in [0.1, 0.15) is 21.7 Å². The molecule has 0 aliphatic carbocycles. The summed E-state index contributed by atoms with van der Waals surface area (Å²) < 4.78 is 61.7. The van der Waals surface area contributed by atoms with Crippen molar-refractivity contribution in [2.24, 2.45) is 0 Å². The van der Waals surface area contributed by atoms with Gasteiger partial charge in [-0.1, -0.05) is 0 Å². The summed E-state index contributed by atoms with van der Waals surface area (Å²) in [6, 6.07) is 9.79. The van der Waals surface area contributed by atoms with E-state index in [2.05, 4.69) is 0 Å². The minimum absolute atomic E-state index is 0.107. The van der Waals surface area contributed by atoms with E-state index >= 15 is 0 Å². The van der Waals surface area contributed by atoms with Gasteiger partial charge in [0, 0.05) is 18.2 Å². The van der Waals surface area contributed by atoms with Gasteiger partial charge in [0.15, 0.2) is 0 Å². The second kappa shape index (κ2) is 10.4. The fourth-order valence-electron chi connectivity index (χ4n) is 3.61. The number of rotatable bonds is 7. The van der Waals surface area contributed by atoms with Gasteiger partial charge in [0.05, 0.1) is 27.9 Å². The van der Waals surface area contributed by atoms with Gasteiger partial charge in [0.2, 0.25) is 11.2 Å². The van der Waals surface area contributed by atoms with Crippen LogP contribution >= 0.6 is 0 Å². The molecule has 4 aromatic rings. The van der Waals surface area contributed by atoms with Crippen molar-refractivity contribution >= 4 is 28.3 Å². The van der Waals surface area contributed by atoms with Gasteiger partial charge in [-0.2, -0.15) is 13.2 Å². The van der Waals surface area contributed by atoms with Gasteiger partial charge in [-0.25, -0.2) is 4.79 Å². The van der Waals surface area contributed by atoms with Gasteiger partial charge in [0.1, 0.15) is 28.4 Å². The van der Waals surface area contributed by atoms with Gasteiger partial charge in [-0.3, -0.25) is 25.0 Å². The number of carbonyl (C=O) groups is 1. The van der Waals surface area contributed by atoms with E-state index in [1.165, 1.54) is 31.4 Å². The Morgan fingerprint density at radius 2 is 1.45 bits per heavy atom. The molecule has 0 atom stereocenters. The molecule has 3 aromatic carbocycles. The van der Waals surface area contributed by atoms with Crippen LogP contribution in [0, 0.1) is 27.2 Å². The number of nitro groups is 2. The summed E-state index contributed by atoms with van der Waals surface area (Å²) in [5, 5.41) is 22.2.